The van der Waals surface area contributed by atoms with E-state index < -0.39 is 9.84 Å². The number of sulfone groups is 1. The first-order chi connectivity index (χ1) is 6.57. The molecule has 2 rings (SSSR count). The lowest BCUT2D eigenvalue weighted by atomic mass is 10.3. The van der Waals surface area contributed by atoms with Crippen molar-refractivity contribution in [1.29, 1.82) is 0 Å². The Morgan fingerprint density at radius 2 is 1.79 bits per heavy atom. The first kappa shape index (κ1) is 9.33. The van der Waals surface area contributed by atoms with Gasteiger partial charge >= 0.3 is 0 Å². The molecule has 5 heteroatoms. The Balaban J connectivity index is 2.49. The molecular weight excluding hydrogens is 204 g/mol. The van der Waals surface area contributed by atoms with Crippen LogP contribution in [-0.4, -0.2) is 27.9 Å². The van der Waals surface area contributed by atoms with E-state index in [9.17, 15) is 8.42 Å². The highest BCUT2D eigenvalue weighted by atomic mass is 32.2. The lowest BCUT2D eigenvalue weighted by molar-refractivity contribution is 0.171. The fourth-order valence-electron chi connectivity index (χ4n) is 1.25. The van der Waals surface area contributed by atoms with Gasteiger partial charge in [-0.05, 0) is 12.1 Å². The van der Waals surface area contributed by atoms with E-state index in [1.165, 1.54) is 18.4 Å². The molecule has 1 aromatic carbocycles. The zero-order valence-electron chi connectivity index (χ0n) is 7.69. The number of hydrogen-bond donors (Lipinski definition) is 0. The molecule has 4 nitrogen and oxygen atoms in total. The second-order valence-electron chi connectivity index (χ2n) is 3.08. The molecule has 1 aliphatic heterocycles. The zero-order valence-corrected chi connectivity index (χ0v) is 8.50. The van der Waals surface area contributed by atoms with Crippen molar-refractivity contribution >= 4 is 9.84 Å². The van der Waals surface area contributed by atoms with Crippen LogP contribution in [0.3, 0.4) is 0 Å². The Bertz CT molecular complexity index is 450. The molecule has 1 aliphatic rings. The standard InChI is InChI=1S/C9H10O4S/c1-14(10,11)7-2-3-8-9(6-7)13-5-4-12-8/h2-3,6H,4-5H2,1H3. The van der Waals surface area contributed by atoms with Gasteiger partial charge in [0.1, 0.15) is 13.2 Å². The highest BCUT2D eigenvalue weighted by molar-refractivity contribution is 7.90. The van der Waals surface area contributed by atoms with E-state index in [2.05, 4.69) is 0 Å². The first-order valence-corrected chi connectivity index (χ1v) is 6.06. The number of fused-ring (bicyclic) bond motifs is 1. The van der Waals surface area contributed by atoms with Crippen molar-refractivity contribution in [3.63, 3.8) is 0 Å². The van der Waals surface area contributed by atoms with E-state index >= 15 is 0 Å². The minimum atomic E-state index is -3.17. The number of ether oxygens (including phenoxy) is 2. The van der Waals surface area contributed by atoms with Crippen molar-refractivity contribution in [1.82, 2.24) is 0 Å². The summed E-state index contributed by atoms with van der Waals surface area (Å²) in [5.41, 5.74) is 0. The summed E-state index contributed by atoms with van der Waals surface area (Å²) >= 11 is 0. The van der Waals surface area contributed by atoms with Crippen LogP contribution in [0.1, 0.15) is 0 Å². The van der Waals surface area contributed by atoms with E-state index in [1.807, 2.05) is 0 Å². The molecule has 0 unspecified atom stereocenters. The predicted octanol–water partition coefficient (Wildman–Crippen LogP) is 0.861. The summed E-state index contributed by atoms with van der Waals surface area (Å²) in [7, 11) is -3.17. The van der Waals surface area contributed by atoms with Crippen LogP contribution in [0, 0.1) is 0 Å². The number of hydrogen-bond acceptors (Lipinski definition) is 4. The van der Waals surface area contributed by atoms with Crippen LogP contribution < -0.4 is 9.47 Å². The van der Waals surface area contributed by atoms with E-state index in [0.29, 0.717) is 24.7 Å². The van der Waals surface area contributed by atoms with Crippen LogP contribution in [0.2, 0.25) is 0 Å². The average Bonchev–Trinajstić information content (AvgIpc) is 2.16. The normalized spacial score (nSPS) is 15.2. The van der Waals surface area contributed by atoms with Crippen LogP contribution in [0.4, 0.5) is 0 Å². The van der Waals surface area contributed by atoms with Crippen LogP contribution >= 0.6 is 0 Å². The maximum Gasteiger partial charge on any atom is 0.175 e. The molecule has 14 heavy (non-hydrogen) atoms. The van der Waals surface area contributed by atoms with Crippen molar-refractivity contribution in [2.45, 2.75) is 4.90 Å². The molecule has 76 valence electrons. The molecule has 0 saturated carbocycles. The monoisotopic (exact) mass is 214 g/mol. The fraction of sp³-hybridized carbons (Fsp3) is 0.333. The van der Waals surface area contributed by atoms with Gasteiger partial charge < -0.3 is 9.47 Å². The third kappa shape index (κ3) is 1.68. The molecule has 0 atom stereocenters. The first-order valence-electron chi connectivity index (χ1n) is 4.17. The molecule has 0 fully saturated rings. The van der Waals surface area contributed by atoms with Crippen LogP contribution in [0.15, 0.2) is 23.1 Å². The van der Waals surface area contributed by atoms with Gasteiger partial charge in [-0.25, -0.2) is 8.42 Å². The molecule has 1 heterocycles. The minimum absolute atomic E-state index is 0.252. The van der Waals surface area contributed by atoms with Crippen LogP contribution in [-0.2, 0) is 9.84 Å². The van der Waals surface area contributed by atoms with Crippen LogP contribution in [0.25, 0.3) is 0 Å². The Labute approximate surface area is 82.4 Å². The molecule has 0 N–H and O–H groups in total. The summed E-state index contributed by atoms with van der Waals surface area (Å²) < 4.78 is 33.0. The van der Waals surface area contributed by atoms with Gasteiger partial charge in [0.15, 0.2) is 21.3 Å². The lowest BCUT2D eigenvalue weighted by Gasteiger charge is -2.18. The smallest absolute Gasteiger partial charge is 0.175 e. The molecule has 0 amide bonds. The zero-order chi connectivity index (χ0) is 10.2. The molecule has 0 spiro atoms. The van der Waals surface area contributed by atoms with E-state index in [1.54, 1.807) is 6.07 Å². The average molecular weight is 214 g/mol. The SMILES string of the molecule is CS(=O)(=O)c1ccc2c(c1)OCCO2. The Hall–Kier alpha value is -1.23. The molecule has 0 aromatic heterocycles. The van der Waals surface area contributed by atoms with Gasteiger partial charge in [-0.15, -0.1) is 0 Å². The molecule has 0 saturated heterocycles. The van der Waals surface area contributed by atoms with Gasteiger partial charge in [-0.2, -0.15) is 0 Å². The summed E-state index contributed by atoms with van der Waals surface area (Å²) in [6.45, 7) is 0.964. The highest BCUT2D eigenvalue weighted by Crippen LogP contribution is 2.31. The number of benzene rings is 1. The fourth-order valence-corrected chi connectivity index (χ4v) is 1.89. The Kier molecular flexibility index (Phi) is 2.11. The van der Waals surface area contributed by atoms with Crippen molar-refractivity contribution in [3.8, 4) is 11.5 Å². The summed E-state index contributed by atoms with van der Waals surface area (Å²) in [6, 6.07) is 4.62. The second kappa shape index (κ2) is 3.16. The molecular formula is C9H10O4S. The quantitative estimate of drug-likeness (QED) is 0.695. The van der Waals surface area contributed by atoms with Crippen molar-refractivity contribution in [2.75, 3.05) is 19.5 Å². The molecule has 0 radical (unpaired) electrons. The van der Waals surface area contributed by atoms with Crippen molar-refractivity contribution in [3.05, 3.63) is 18.2 Å². The molecule has 0 aliphatic carbocycles. The van der Waals surface area contributed by atoms with Gasteiger partial charge in [0.2, 0.25) is 0 Å². The molecule has 0 bridgehead atoms. The van der Waals surface area contributed by atoms with E-state index in [4.69, 9.17) is 9.47 Å². The second-order valence-corrected chi connectivity index (χ2v) is 5.09. The van der Waals surface area contributed by atoms with Gasteiger partial charge in [0, 0.05) is 12.3 Å². The minimum Gasteiger partial charge on any atom is -0.486 e. The van der Waals surface area contributed by atoms with E-state index in [0.717, 1.165) is 0 Å². The van der Waals surface area contributed by atoms with Crippen LogP contribution in [0.5, 0.6) is 11.5 Å². The molecule has 1 aromatic rings. The summed E-state index contributed by atoms with van der Waals surface area (Å²) in [5, 5.41) is 0. The van der Waals surface area contributed by atoms with Gasteiger partial charge in [0.25, 0.3) is 0 Å². The topological polar surface area (TPSA) is 52.6 Å². The van der Waals surface area contributed by atoms with Crippen molar-refractivity contribution < 1.29 is 17.9 Å². The van der Waals surface area contributed by atoms with E-state index in [-0.39, 0.29) is 4.90 Å². The van der Waals surface area contributed by atoms with Gasteiger partial charge in [0.05, 0.1) is 4.90 Å². The largest absolute Gasteiger partial charge is 0.486 e. The summed E-state index contributed by atoms with van der Waals surface area (Å²) in [5.74, 6) is 1.10. The lowest BCUT2D eigenvalue weighted by Crippen LogP contribution is -2.15. The highest BCUT2D eigenvalue weighted by Gasteiger charge is 2.15. The maximum absolute atomic E-state index is 11.2. The third-order valence-electron chi connectivity index (χ3n) is 1.94. The van der Waals surface area contributed by atoms with Crippen molar-refractivity contribution in [2.24, 2.45) is 0 Å². The van der Waals surface area contributed by atoms with Gasteiger partial charge in [-0.3, -0.25) is 0 Å². The predicted molar refractivity (Wildman–Crippen MR) is 50.5 cm³/mol. The number of rotatable bonds is 1. The third-order valence-corrected chi connectivity index (χ3v) is 3.05. The summed E-state index contributed by atoms with van der Waals surface area (Å²) in [6.07, 6.45) is 1.17. The Morgan fingerprint density at radius 3 is 2.43 bits per heavy atom. The summed E-state index contributed by atoms with van der Waals surface area (Å²) in [4.78, 5) is 0.252. The Morgan fingerprint density at radius 1 is 1.14 bits per heavy atom. The maximum atomic E-state index is 11.2. The van der Waals surface area contributed by atoms with Gasteiger partial charge in [-0.1, -0.05) is 0 Å².